The number of nitrogens with one attached hydrogen (secondary N) is 1. The Hall–Kier alpha value is -2.24. The van der Waals surface area contributed by atoms with Crippen molar-refractivity contribution in [1.29, 1.82) is 0 Å². The first kappa shape index (κ1) is 21.1. The summed E-state index contributed by atoms with van der Waals surface area (Å²) in [5.41, 5.74) is 6.70. The zero-order valence-electron chi connectivity index (χ0n) is 16.7. The average molecular weight is 375 g/mol. The smallest absolute Gasteiger partial charge is 0.217 e. The molecule has 1 aromatic rings. The number of hydrogen-bond donors (Lipinski definition) is 2. The summed E-state index contributed by atoms with van der Waals surface area (Å²) in [6.45, 7) is 5.61. The minimum Gasteiger partial charge on any atom is -0.497 e. The number of unbranched alkanes of at least 4 members (excludes halogenated alkanes) is 1. The van der Waals surface area contributed by atoms with Crippen molar-refractivity contribution in [1.82, 2.24) is 10.2 Å². The molecule has 0 bridgehead atoms. The maximum absolute atomic E-state index is 11.2. The first-order valence-corrected chi connectivity index (χ1v) is 10.1. The molecule has 0 saturated carbocycles. The first-order chi connectivity index (χ1) is 13.1. The van der Waals surface area contributed by atoms with Gasteiger partial charge in [0.1, 0.15) is 5.75 Å². The predicted molar refractivity (Wildman–Crippen MR) is 110 cm³/mol. The molecule has 1 aliphatic heterocycles. The Morgan fingerprint density at radius 1 is 1.33 bits per heavy atom. The van der Waals surface area contributed by atoms with Crippen LogP contribution in [0.4, 0.5) is 0 Å². The lowest BCUT2D eigenvalue weighted by molar-refractivity contribution is -0.119. The number of carbonyl (C=O) groups excluding carboxylic acids is 1. The van der Waals surface area contributed by atoms with E-state index in [0.29, 0.717) is 12.3 Å². The van der Waals surface area contributed by atoms with Crippen LogP contribution in [0.25, 0.3) is 0 Å². The summed E-state index contributed by atoms with van der Waals surface area (Å²) in [7, 11) is 1.69. The fraction of sp³-hybridized carbons (Fsp3) is 0.619. The molecule has 1 atom stereocenters. The Balaban J connectivity index is 1.79. The number of methoxy groups -OCH3 is 1. The summed E-state index contributed by atoms with van der Waals surface area (Å²) < 4.78 is 5.19. The van der Waals surface area contributed by atoms with Gasteiger partial charge in [-0.15, -0.1) is 0 Å². The van der Waals surface area contributed by atoms with Crippen LogP contribution in [-0.4, -0.2) is 50.1 Å². The largest absolute Gasteiger partial charge is 0.497 e. The van der Waals surface area contributed by atoms with E-state index in [1.54, 1.807) is 7.11 Å². The van der Waals surface area contributed by atoms with E-state index >= 15 is 0 Å². The van der Waals surface area contributed by atoms with Gasteiger partial charge in [-0.2, -0.15) is 0 Å². The van der Waals surface area contributed by atoms with Gasteiger partial charge in [-0.05, 0) is 62.6 Å². The van der Waals surface area contributed by atoms with Gasteiger partial charge in [0.05, 0.1) is 7.11 Å². The minimum atomic E-state index is -0.206. The molecule has 6 heteroatoms. The monoisotopic (exact) mass is 374 g/mol. The molecule has 3 N–H and O–H groups in total. The molecule has 1 unspecified atom stereocenters. The van der Waals surface area contributed by atoms with Crippen LogP contribution < -0.4 is 15.8 Å². The van der Waals surface area contributed by atoms with Gasteiger partial charge in [0.2, 0.25) is 5.91 Å². The van der Waals surface area contributed by atoms with Crippen molar-refractivity contribution in [2.75, 3.05) is 33.3 Å². The van der Waals surface area contributed by atoms with Crippen molar-refractivity contribution in [2.24, 2.45) is 16.6 Å². The Bertz CT molecular complexity index is 601. The number of likely N-dealkylation sites (tertiary alicyclic amines) is 1. The van der Waals surface area contributed by atoms with Crippen LogP contribution in [0.1, 0.15) is 44.6 Å². The molecule has 1 heterocycles. The van der Waals surface area contributed by atoms with E-state index in [9.17, 15) is 4.79 Å². The van der Waals surface area contributed by atoms with Crippen molar-refractivity contribution < 1.29 is 9.53 Å². The van der Waals surface area contributed by atoms with E-state index in [1.165, 1.54) is 5.56 Å². The average Bonchev–Trinajstić information content (AvgIpc) is 2.67. The normalized spacial score (nSPS) is 17.6. The second kappa shape index (κ2) is 11.5. The van der Waals surface area contributed by atoms with Crippen molar-refractivity contribution in [3.8, 4) is 5.75 Å². The van der Waals surface area contributed by atoms with Crippen molar-refractivity contribution >= 4 is 11.9 Å². The number of carbonyl (C=O) groups is 1. The van der Waals surface area contributed by atoms with Crippen molar-refractivity contribution in [2.45, 2.75) is 45.4 Å². The number of nitrogens with two attached hydrogens (primary N) is 1. The Morgan fingerprint density at radius 2 is 2.11 bits per heavy atom. The molecule has 1 saturated heterocycles. The molecule has 1 amide bonds. The molecule has 2 rings (SSSR count). The van der Waals surface area contributed by atoms with Crippen LogP contribution in [0, 0.1) is 5.92 Å². The lowest BCUT2D eigenvalue weighted by atomic mass is 9.95. The zero-order valence-corrected chi connectivity index (χ0v) is 16.7. The third-order valence-electron chi connectivity index (χ3n) is 4.94. The number of nitrogens with zero attached hydrogens (tertiary/aromatic N) is 2. The van der Waals surface area contributed by atoms with E-state index in [4.69, 9.17) is 15.5 Å². The van der Waals surface area contributed by atoms with E-state index in [1.807, 2.05) is 12.1 Å². The maximum atomic E-state index is 11.2. The molecule has 1 fully saturated rings. The van der Waals surface area contributed by atoms with Crippen LogP contribution in [0.2, 0.25) is 0 Å². The van der Waals surface area contributed by atoms with Crippen molar-refractivity contribution in [3.05, 3.63) is 29.8 Å². The van der Waals surface area contributed by atoms with E-state index in [-0.39, 0.29) is 5.91 Å². The zero-order chi connectivity index (χ0) is 19.5. The van der Waals surface area contributed by atoms with E-state index < -0.39 is 0 Å². The second-order valence-electron chi connectivity index (χ2n) is 7.17. The molecule has 0 radical (unpaired) electrons. The Morgan fingerprint density at radius 3 is 2.78 bits per heavy atom. The number of aryl methyl sites for hydroxylation is 1. The number of guanidine groups is 1. The second-order valence-corrected chi connectivity index (χ2v) is 7.17. The molecule has 27 heavy (non-hydrogen) atoms. The molecular weight excluding hydrogens is 340 g/mol. The number of aliphatic imine (C=N–C) groups is 1. The molecule has 1 aliphatic rings. The highest BCUT2D eigenvalue weighted by atomic mass is 16.5. The molecule has 6 nitrogen and oxygen atoms in total. The number of amides is 1. The van der Waals surface area contributed by atoms with E-state index in [2.05, 4.69) is 29.3 Å². The molecule has 0 spiro atoms. The first-order valence-electron chi connectivity index (χ1n) is 10.1. The Kier molecular flexibility index (Phi) is 8.95. The number of benzene rings is 1. The van der Waals surface area contributed by atoms with Gasteiger partial charge in [-0.3, -0.25) is 9.79 Å². The molecule has 0 aliphatic carbocycles. The van der Waals surface area contributed by atoms with Gasteiger partial charge < -0.3 is 20.7 Å². The van der Waals surface area contributed by atoms with Gasteiger partial charge in [-0.25, -0.2) is 0 Å². The Labute approximate surface area is 163 Å². The summed E-state index contributed by atoms with van der Waals surface area (Å²) in [6, 6.07) is 8.27. The van der Waals surface area contributed by atoms with Gasteiger partial charge in [0.25, 0.3) is 0 Å². The van der Waals surface area contributed by atoms with Gasteiger partial charge in [-0.1, -0.05) is 12.1 Å². The highest BCUT2D eigenvalue weighted by Gasteiger charge is 2.23. The summed E-state index contributed by atoms with van der Waals surface area (Å²) in [4.78, 5) is 18.3. The number of rotatable bonds is 9. The third kappa shape index (κ3) is 7.49. The number of hydrogen-bond acceptors (Lipinski definition) is 3. The fourth-order valence-electron chi connectivity index (χ4n) is 3.55. The predicted octanol–water partition coefficient (Wildman–Crippen LogP) is 2.57. The highest BCUT2D eigenvalue weighted by molar-refractivity contribution is 5.80. The standard InChI is InChI=1S/C21H34N4O2/c1-3-23-21(25-14-6-8-18(16-25)15-20(22)26)24-13-5-4-7-17-9-11-19(27-2)12-10-17/h9-12,18H,3-8,13-16H2,1-2H3,(H2,22,26)(H,23,24). The molecule has 1 aromatic carbocycles. The number of primary amides is 1. The SMILES string of the molecule is CCNC(=NCCCCc1ccc(OC)cc1)N1CCCC(CC(N)=O)C1. The number of piperidine rings is 1. The van der Waals surface area contributed by atoms with Crippen LogP contribution in [-0.2, 0) is 11.2 Å². The van der Waals surface area contributed by atoms with Gasteiger partial charge >= 0.3 is 0 Å². The number of ether oxygens (including phenoxy) is 1. The summed E-state index contributed by atoms with van der Waals surface area (Å²) >= 11 is 0. The minimum absolute atomic E-state index is 0.206. The van der Waals surface area contributed by atoms with Crippen LogP contribution >= 0.6 is 0 Å². The topological polar surface area (TPSA) is 80.0 Å². The summed E-state index contributed by atoms with van der Waals surface area (Å²) in [5.74, 6) is 2.00. The van der Waals surface area contributed by atoms with Crippen LogP contribution in [0.3, 0.4) is 0 Å². The van der Waals surface area contributed by atoms with Gasteiger partial charge in [0, 0.05) is 32.6 Å². The maximum Gasteiger partial charge on any atom is 0.217 e. The molecule has 150 valence electrons. The lowest BCUT2D eigenvalue weighted by Crippen LogP contribution is -2.47. The fourth-order valence-corrected chi connectivity index (χ4v) is 3.55. The summed E-state index contributed by atoms with van der Waals surface area (Å²) in [6.07, 6.45) is 5.85. The van der Waals surface area contributed by atoms with E-state index in [0.717, 1.165) is 70.0 Å². The molecular formula is C21H34N4O2. The quantitative estimate of drug-likeness (QED) is 0.395. The van der Waals surface area contributed by atoms with Crippen molar-refractivity contribution in [3.63, 3.8) is 0 Å². The lowest BCUT2D eigenvalue weighted by Gasteiger charge is -2.34. The van der Waals surface area contributed by atoms with Crippen LogP contribution in [0.15, 0.2) is 29.3 Å². The van der Waals surface area contributed by atoms with Gasteiger partial charge in [0.15, 0.2) is 5.96 Å². The highest BCUT2D eigenvalue weighted by Crippen LogP contribution is 2.19. The summed E-state index contributed by atoms with van der Waals surface area (Å²) in [5, 5.41) is 3.39. The third-order valence-corrected chi connectivity index (χ3v) is 4.94. The van der Waals surface area contributed by atoms with Crippen LogP contribution in [0.5, 0.6) is 5.75 Å². The molecule has 0 aromatic heterocycles.